The lowest BCUT2D eigenvalue weighted by Gasteiger charge is -2.01. The Labute approximate surface area is 132 Å². The van der Waals surface area contributed by atoms with Crippen LogP contribution in [0.3, 0.4) is 0 Å². The number of benzene rings is 2. The van der Waals surface area contributed by atoms with E-state index in [1.54, 1.807) is 7.11 Å². The number of nitrogens with zero attached hydrogens (tertiary/aromatic N) is 2. The second-order valence-electron chi connectivity index (χ2n) is 4.64. The summed E-state index contributed by atoms with van der Waals surface area (Å²) >= 11 is 5.85. The Kier molecular flexibility index (Phi) is 4.25. The van der Waals surface area contributed by atoms with Crippen LogP contribution in [0.25, 0.3) is 11.4 Å². The number of methoxy groups -OCH3 is 1. The third-order valence-electron chi connectivity index (χ3n) is 3.11. The Hall–Kier alpha value is -2.53. The number of halogens is 1. The van der Waals surface area contributed by atoms with E-state index in [4.69, 9.17) is 20.9 Å². The van der Waals surface area contributed by atoms with Gasteiger partial charge in [0, 0.05) is 17.1 Å². The molecule has 5 nitrogen and oxygen atoms in total. The number of anilines is 1. The molecule has 0 amide bonds. The number of hydrogen-bond acceptors (Lipinski definition) is 5. The summed E-state index contributed by atoms with van der Waals surface area (Å²) in [4.78, 5) is 4.32. The molecule has 0 unspecified atom stereocenters. The van der Waals surface area contributed by atoms with E-state index in [1.807, 2.05) is 48.5 Å². The van der Waals surface area contributed by atoms with Crippen LogP contribution < -0.4 is 10.1 Å². The molecular weight excluding hydrogens is 302 g/mol. The maximum Gasteiger partial charge on any atom is 0.322 e. The molecule has 3 rings (SSSR count). The molecule has 0 aliphatic rings. The molecule has 0 saturated heterocycles. The van der Waals surface area contributed by atoms with Crippen molar-refractivity contribution in [2.75, 3.05) is 12.4 Å². The highest BCUT2D eigenvalue weighted by Gasteiger charge is 2.09. The fraction of sp³-hybridized carbons (Fsp3) is 0.125. The van der Waals surface area contributed by atoms with E-state index in [9.17, 15) is 0 Å². The van der Waals surface area contributed by atoms with Crippen LogP contribution in [-0.2, 0) is 6.54 Å². The van der Waals surface area contributed by atoms with Crippen molar-refractivity contribution in [1.82, 2.24) is 10.1 Å². The van der Waals surface area contributed by atoms with Gasteiger partial charge in [-0.25, -0.2) is 0 Å². The van der Waals surface area contributed by atoms with Crippen LogP contribution in [0.2, 0.25) is 5.02 Å². The smallest absolute Gasteiger partial charge is 0.322 e. The van der Waals surface area contributed by atoms with Crippen LogP contribution >= 0.6 is 11.6 Å². The molecule has 1 heterocycles. The fourth-order valence-corrected chi connectivity index (χ4v) is 2.08. The zero-order chi connectivity index (χ0) is 15.4. The van der Waals surface area contributed by atoms with Gasteiger partial charge in [0.15, 0.2) is 0 Å². The molecule has 1 N–H and O–H groups in total. The minimum atomic E-state index is 0.368. The van der Waals surface area contributed by atoms with Crippen molar-refractivity contribution in [2.45, 2.75) is 6.54 Å². The molecule has 0 radical (unpaired) electrons. The number of hydrogen-bond donors (Lipinski definition) is 1. The molecule has 0 bridgehead atoms. The quantitative estimate of drug-likeness (QED) is 0.770. The van der Waals surface area contributed by atoms with Crippen LogP contribution in [0.4, 0.5) is 6.01 Å². The molecular formula is C16H14ClN3O2. The molecule has 0 fully saturated rings. The minimum Gasteiger partial charge on any atom is -0.497 e. The highest BCUT2D eigenvalue weighted by atomic mass is 35.5. The lowest BCUT2D eigenvalue weighted by atomic mass is 10.2. The number of nitrogens with one attached hydrogen (secondary N) is 1. The van der Waals surface area contributed by atoms with E-state index < -0.39 is 0 Å². The largest absolute Gasteiger partial charge is 0.497 e. The van der Waals surface area contributed by atoms with Gasteiger partial charge in [-0.3, -0.25) is 0 Å². The average molecular weight is 316 g/mol. The lowest BCUT2D eigenvalue weighted by Crippen LogP contribution is -1.99. The first-order chi connectivity index (χ1) is 10.7. The van der Waals surface area contributed by atoms with Crippen molar-refractivity contribution in [3.63, 3.8) is 0 Å². The summed E-state index contributed by atoms with van der Waals surface area (Å²) in [6.07, 6.45) is 0. The molecule has 6 heteroatoms. The SMILES string of the molecule is COc1cccc(-c2noc(NCc3ccc(Cl)cc3)n2)c1. The van der Waals surface area contributed by atoms with Gasteiger partial charge in [-0.1, -0.05) is 41.0 Å². The molecule has 112 valence electrons. The van der Waals surface area contributed by atoms with Crippen molar-refractivity contribution < 1.29 is 9.26 Å². The summed E-state index contributed by atoms with van der Waals surface area (Å²) in [6, 6.07) is 15.4. The van der Waals surface area contributed by atoms with E-state index in [2.05, 4.69) is 15.5 Å². The molecule has 0 saturated carbocycles. The Morgan fingerprint density at radius 2 is 2.00 bits per heavy atom. The maximum absolute atomic E-state index is 5.85. The summed E-state index contributed by atoms with van der Waals surface area (Å²) in [5, 5.41) is 7.76. The van der Waals surface area contributed by atoms with Crippen molar-refractivity contribution >= 4 is 17.6 Å². The van der Waals surface area contributed by atoms with Crippen molar-refractivity contribution in [1.29, 1.82) is 0 Å². The number of aromatic nitrogens is 2. The van der Waals surface area contributed by atoms with Gasteiger partial charge < -0.3 is 14.6 Å². The van der Waals surface area contributed by atoms with Crippen LogP contribution in [-0.4, -0.2) is 17.3 Å². The Morgan fingerprint density at radius 1 is 1.18 bits per heavy atom. The normalized spacial score (nSPS) is 10.5. The van der Waals surface area contributed by atoms with Gasteiger partial charge in [0.05, 0.1) is 7.11 Å². The van der Waals surface area contributed by atoms with Crippen molar-refractivity contribution in [2.24, 2.45) is 0 Å². The third-order valence-corrected chi connectivity index (χ3v) is 3.36. The van der Waals surface area contributed by atoms with Gasteiger partial charge >= 0.3 is 6.01 Å². The highest BCUT2D eigenvalue weighted by Crippen LogP contribution is 2.22. The van der Waals surface area contributed by atoms with Gasteiger partial charge in [-0.2, -0.15) is 4.98 Å². The second kappa shape index (κ2) is 6.49. The predicted molar refractivity (Wildman–Crippen MR) is 85.1 cm³/mol. The minimum absolute atomic E-state index is 0.368. The molecule has 0 aliphatic heterocycles. The maximum atomic E-state index is 5.85. The predicted octanol–water partition coefficient (Wildman–Crippen LogP) is 4.01. The van der Waals surface area contributed by atoms with E-state index in [-0.39, 0.29) is 0 Å². The molecule has 22 heavy (non-hydrogen) atoms. The zero-order valence-corrected chi connectivity index (χ0v) is 12.7. The topological polar surface area (TPSA) is 60.2 Å². The Bertz CT molecular complexity index is 756. The monoisotopic (exact) mass is 315 g/mol. The van der Waals surface area contributed by atoms with Gasteiger partial charge in [0.2, 0.25) is 5.82 Å². The van der Waals surface area contributed by atoms with Crippen LogP contribution in [0.5, 0.6) is 5.75 Å². The van der Waals surface area contributed by atoms with Crippen molar-refractivity contribution in [3.05, 3.63) is 59.1 Å². The van der Waals surface area contributed by atoms with Crippen LogP contribution in [0.15, 0.2) is 53.1 Å². The zero-order valence-electron chi connectivity index (χ0n) is 11.9. The molecule has 0 spiro atoms. The first-order valence-corrected chi connectivity index (χ1v) is 7.09. The van der Waals surface area contributed by atoms with Crippen molar-refractivity contribution in [3.8, 4) is 17.1 Å². The first-order valence-electron chi connectivity index (χ1n) is 6.71. The summed E-state index contributed by atoms with van der Waals surface area (Å²) < 4.78 is 10.4. The lowest BCUT2D eigenvalue weighted by molar-refractivity contribution is 0.414. The molecule has 0 aliphatic carbocycles. The summed E-state index contributed by atoms with van der Waals surface area (Å²) in [6.45, 7) is 0.580. The van der Waals surface area contributed by atoms with E-state index in [1.165, 1.54) is 0 Å². The summed E-state index contributed by atoms with van der Waals surface area (Å²) in [7, 11) is 1.62. The van der Waals surface area contributed by atoms with Gasteiger partial charge in [-0.15, -0.1) is 0 Å². The molecule has 2 aromatic carbocycles. The highest BCUT2D eigenvalue weighted by molar-refractivity contribution is 6.30. The van der Waals surface area contributed by atoms with E-state index in [0.29, 0.717) is 23.4 Å². The fourth-order valence-electron chi connectivity index (χ4n) is 1.95. The van der Waals surface area contributed by atoms with E-state index in [0.717, 1.165) is 16.9 Å². The van der Waals surface area contributed by atoms with Gasteiger partial charge in [-0.05, 0) is 29.8 Å². The number of ether oxygens (including phenoxy) is 1. The molecule has 3 aromatic rings. The average Bonchev–Trinajstić information content (AvgIpc) is 3.03. The number of rotatable bonds is 5. The molecule has 0 atom stereocenters. The summed E-state index contributed by atoms with van der Waals surface area (Å²) in [5.74, 6) is 1.26. The third kappa shape index (κ3) is 3.38. The van der Waals surface area contributed by atoms with E-state index >= 15 is 0 Å². The Morgan fingerprint density at radius 3 is 2.77 bits per heavy atom. The van der Waals surface area contributed by atoms with Crippen LogP contribution in [0.1, 0.15) is 5.56 Å². The van der Waals surface area contributed by atoms with Gasteiger partial charge in [0.1, 0.15) is 5.75 Å². The molecule has 1 aromatic heterocycles. The summed E-state index contributed by atoms with van der Waals surface area (Å²) in [5.41, 5.74) is 1.91. The second-order valence-corrected chi connectivity index (χ2v) is 5.07. The Balaban J connectivity index is 1.69. The first kappa shape index (κ1) is 14.4. The van der Waals surface area contributed by atoms with Gasteiger partial charge in [0.25, 0.3) is 0 Å². The standard InChI is InChI=1S/C16H14ClN3O2/c1-21-14-4-2-3-12(9-14)15-19-16(22-20-15)18-10-11-5-7-13(17)8-6-11/h2-9H,10H2,1H3,(H,18,19,20). The van der Waals surface area contributed by atoms with Crippen LogP contribution in [0, 0.1) is 0 Å².